The van der Waals surface area contributed by atoms with E-state index in [0.29, 0.717) is 35.2 Å². The molecule has 0 saturated heterocycles. The van der Waals surface area contributed by atoms with Crippen LogP contribution >= 0.6 is 23.2 Å². The zero-order valence-electron chi connectivity index (χ0n) is 14.5. The van der Waals surface area contributed by atoms with Gasteiger partial charge in [0.2, 0.25) is 0 Å². The Morgan fingerprint density at radius 1 is 1.19 bits per heavy atom. The molecule has 0 radical (unpaired) electrons. The zero-order chi connectivity index (χ0) is 19.2. The number of ether oxygens (including phenoxy) is 1. The molecule has 2 N–H and O–H groups in total. The molecule has 0 saturated carbocycles. The SMILES string of the molecule is COc1cc2ncnc(Nc3ccc(F)c(Cl)c3)c2cc1NC/C=C/CCl. The minimum absolute atomic E-state index is 0.0356. The Balaban J connectivity index is 1.97. The van der Waals surface area contributed by atoms with E-state index in [0.717, 1.165) is 11.1 Å². The monoisotopic (exact) mass is 406 g/mol. The van der Waals surface area contributed by atoms with Gasteiger partial charge in [-0.15, -0.1) is 11.6 Å². The van der Waals surface area contributed by atoms with Crippen molar-refractivity contribution in [3.05, 3.63) is 59.7 Å². The molecule has 0 amide bonds. The molecule has 0 aliphatic carbocycles. The van der Waals surface area contributed by atoms with Gasteiger partial charge in [0.05, 0.1) is 23.3 Å². The second kappa shape index (κ2) is 8.88. The molecule has 2 aromatic carbocycles. The molecular weight excluding hydrogens is 390 g/mol. The molecule has 27 heavy (non-hydrogen) atoms. The maximum atomic E-state index is 13.4. The van der Waals surface area contributed by atoms with Crippen LogP contribution in [0.15, 0.2) is 48.8 Å². The van der Waals surface area contributed by atoms with E-state index >= 15 is 0 Å². The topological polar surface area (TPSA) is 59.1 Å². The predicted molar refractivity (Wildman–Crippen MR) is 109 cm³/mol. The number of rotatable bonds is 7. The van der Waals surface area contributed by atoms with Crippen LogP contribution in [0.25, 0.3) is 10.9 Å². The van der Waals surface area contributed by atoms with Crippen molar-refractivity contribution in [3.63, 3.8) is 0 Å². The molecule has 5 nitrogen and oxygen atoms in total. The number of nitrogens with one attached hydrogen (secondary N) is 2. The lowest BCUT2D eigenvalue weighted by Gasteiger charge is -2.14. The minimum atomic E-state index is -0.476. The number of methoxy groups -OCH3 is 1. The maximum absolute atomic E-state index is 13.4. The summed E-state index contributed by atoms with van der Waals surface area (Å²) in [5.74, 6) is 1.22. The molecule has 140 valence electrons. The van der Waals surface area contributed by atoms with Gasteiger partial charge in [0.1, 0.15) is 23.7 Å². The average Bonchev–Trinajstić information content (AvgIpc) is 2.68. The van der Waals surface area contributed by atoms with Gasteiger partial charge in [-0.1, -0.05) is 23.8 Å². The fourth-order valence-corrected chi connectivity index (χ4v) is 2.82. The van der Waals surface area contributed by atoms with E-state index in [9.17, 15) is 4.39 Å². The first kappa shape index (κ1) is 19.2. The van der Waals surface area contributed by atoms with Crippen LogP contribution in [0.5, 0.6) is 5.75 Å². The quantitative estimate of drug-likeness (QED) is 0.407. The van der Waals surface area contributed by atoms with Gasteiger partial charge in [0.25, 0.3) is 0 Å². The van der Waals surface area contributed by atoms with E-state index in [1.54, 1.807) is 13.2 Å². The molecule has 3 aromatic rings. The maximum Gasteiger partial charge on any atom is 0.144 e. The highest BCUT2D eigenvalue weighted by molar-refractivity contribution is 6.31. The first-order chi connectivity index (χ1) is 13.1. The number of fused-ring (bicyclic) bond motifs is 1. The zero-order valence-corrected chi connectivity index (χ0v) is 16.0. The van der Waals surface area contributed by atoms with Crippen molar-refractivity contribution in [2.45, 2.75) is 0 Å². The summed E-state index contributed by atoms with van der Waals surface area (Å²) in [6, 6.07) is 8.12. The lowest BCUT2D eigenvalue weighted by molar-refractivity contribution is 0.417. The summed E-state index contributed by atoms with van der Waals surface area (Å²) in [6.45, 7) is 0.596. The minimum Gasteiger partial charge on any atom is -0.495 e. The van der Waals surface area contributed by atoms with E-state index < -0.39 is 5.82 Å². The summed E-state index contributed by atoms with van der Waals surface area (Å²) in [5, 5.41) is 7.24. The second-order valence-electron chi connectivity index (χ2n) is 5.55. The normalized spacial score (nSPS) is 11.1. The summed E-state index contributed by atoms with van der Waals surface area (Å²) in [4.78, 5) is 8.60. The van der Waals surface area contributed by atoms with Crippen molar-refractivity contribution in [2.75, 3.05) is 30.2 Å². The number of aromatic nitrogens is 2. The Bertz CT molecular complexity index is 981. The largest absolute Gasteiger partial charge is 0.495 e. The van der Waals surface area contributed by atoms with Gasteiger partial charge in [-0.05, 0) is 24.3 Å². The Morgan fingerprint density at radius 3 is 2.78 bits per heavy atom. The molecular formula is C19H17Cl2FN4O. The molecule has 1 heterocycles. The van der Waals surface area contributed by atoms with Gasteiger partial charge < -0.3 is 15.4 Å². The molecule has 0 unspecified atom stereocenters. The van der Waals surface area contributed by atoms with Gasteiger partial charge in [-0.2, -0.15) is 0 Å². The van der Waals surface area contributed by atoms with Crippen LogP contribution < -0.4 is 15.4 Å². The molecule has 3 rings (SSSR count). The number of hydrogen-bond donors (Lipinski definition) is 2. The fraction of sp³-hybridized carbons (Fsp3) is 0.158. The summed E-state index contributed by atoms with van der Waals surface area (Å²) >= 11 is 11.5. The average molecular weight is 407 g/mol. The summed E-state index contributed by atoms with van der Waals surface area (Å²) in [5.41, 5.74) is 2.12. The van der Waals surface area contributed by atoms with Gasteiger partial charge >= 0.3 is 0 Å². The summed E-state index contributed by atoms with van der Waals surface area (Å²) in [7, 11) is 1.60. The molecule has 0 atom stereocenters. The third-order valence-electron chi connectivity index (χ3n) is 3.81. The Morgan fingerprint density at radius 2 is 2.04 bits per heavy atom. The van der Waals surface area contributed by atoms with Crippen molar-refractivity contribution >= 4 is 51.3 Å². The first-order valence-electron chi connectivity index (χ1n) is 8.12. The van der Waals surface area contributed by atoms with Crippen molar-refractivity contribution in [3.8, 4) is 5.75 Å². The molecule has 0 spiro atoms. The highest BCUT2D eigenvalue weighted by atomic mass is 35.5. The Hall–Kier alpha value is -2.57. The number of nitrogens with zero attached hydrogens (tertiary/aromatic N) is 2. The van der Waals surface area contributed by atoms with Crippen molar-refractivity contribution in [1.82, 2.24) is 9.97 Å². The number of hydrogen-bond acceptors (Lipinski definition) is 5. The number of benzene rings is 2. The van der Waals surface area contributed by atoms with E-state index in [1.165, 1.54) is 18.5 Å². The lowest BCUT2D eigenvalue weighted by Crippen LogP contribution is -2.02. The third kappa shape index (κ3) is 4.59. The molecule has 0 bridgehead atoms. The number of allylic oxidation sites excluding steroid dienone is 1. The van der Waals surface area contributed by atoms with E-state index in [1.807, 2.05) is 24.3 Å². The van der Waals surface area contributed by atoms with Crippen LogP contribution in [-0.4, -0.2) is 29.5 Å². The van der Waals surface area contributed by atoms with E-state index in [2.05, 4.69) is 20.6 Å². The fourth-order valence-electron chi connectivity index (χ4n) is 2.52. The highest BCUT2D eigenvalue weighted by Gasteiger charge is 2.11. The molecule has 0 aliphatic heterocycles. The van der Waals surface area contributed by atoms with Crippen LogP contribution in [0, 0.1) is 5.82 Å². The predicted octanol–water partition coefficient (Wildman–Crippen LogP) is 5.38. The van der Waals surface area contributed by atoms with Gasteiger partial charge in [0.15, 0.2) is 0 Å². The number of anilines is 3. The van der Waals surface area contributed by atoms with Gasteiger partial charge in [-0.25, -0.2) is 14.4 Å². The molecule has 0 aliphatic rings. The second-order valence-corrected chi connectivity index (χ2v) is 6.27. The van der Waals surface area contributed by atoms with Gasteiger partial charge in [-0.3, -0.25) is 0 Å². The van der Waals surface area contributed by atoms with Gasteiger partial charge in [0, 0.05) is 29.6 Å². The molecule has 0 fully saturated rings. The van der Waals surface area contributed by atoms with E-state index in [4.69, 9.17) is 27.9 Å². The van der Waals surface area contributed by atoms with Crippen LogP contribution in [-0.2, 0) is 0 Å². The van der Waals surface area contributed by atoms with Crippen molar-refractivity contribution in [1.29, 1.82) is 0 Å². The Labute approximate surface area is 166 Å². The smallest absolute Gasteiger partial charge is 0.144 e. The van der Waals surface area contributed by atoms with Crippen LogP contribution in [0.3, 0.4) is 0 Å². The number of halogens is 3. The standard InChI is InChI=1S/C19H17Cl2FN4O/c1-27-18-10-16-13(9-17(18)23-7-3-2-6-20)19(25-11-24-16)26-12-4-5-15(22)14(21)8-12/h2-5,8-11,23H,6-7H2,1H3,(H,24,25,26)/b3-2+. The van der Waals surface area contributed by atoms with Crippen molar-refractivity contribution in [2.24, 2.45) is 0 Å². The lowest BCUT2D eigenvalue weighted by atomic mass is 10.2. The van der Waals surface area contributed by atoms with Crippen molar-refractivity contribution < 1.29 is 9.13 Å². The number of alkyl halides is 1. The highest BCUT2D eigenvalue weighted by Crippen LogP contribution is 2.33. The Kier molecular flexibility index (Phi) is 6.32. The third-order valence-corrected chi connectivity index (χ3v) is 4.27. The first-order valence-corrected chi connectivity index (χ1v) is 9.03. The molecule has 1 aromatic heterocycles. The molecule has 8 heteroatoms. The summed E-state index contributed by atoms with van der Waals surface area (Å²) in [6.07, 6.45) is 5.24. The summed E-state index contributed by atoms with van der Waals surface area (Å²) < 4.78 is 18.8. The van der Waals surface area contributed by atoms with E-state index in [-0.39, 0.29) is 5.02 Å². The van der Waals surface area contributed by atoms with Crippen LogP contribution in [0.2, 0.25) is 5.02 Å². The van der Waals surface area contributed by atoms with Crippen LogP contribution in [0.4, 0.5) is 21.6 Å². The van der Waals surface area contributed by atoms with Crippen LogP contribution in [0.1, 0.15) is 0 Å².